The molecule has 132 valence electrons. The molecule has 2 aromatic rings. The zero-order valence-electron chi connectivity index (χ0n) is 13.2. The average molecular weight is 370 g/mol. The van der Waals surface area contributed by atoms with E-state index in [2.05, 4.69) is 15.4 Å². The van der Waals surface area contributed by atoms with Crippen LogP contribution in [0.1, 0.15) is 10.4 Å². The molecule has 0 atom stereocenters. The van der Waals surface area contributed by atoms with Crippen molar-refractivity contribution in [1.82, 2.24) is 5.32 Å². The summed E-state index contributed by atoms with van der Waals surface area (Å²) >= 11 is 4.96. The lowest BCUT2D eigenvalue weighted by Gasteiger charge is -2.13. The predicted octanol–water partition coefficient (Wildman–Crippen LogP) is 3.25. The van der Waals surface area contributed by atoms with Crippen LogP contribution in [0.2, 0.25) is 0 Å². The minimum atomic E-state index is -1.52. The molecule has 2 rings (SSSR count). The van der Waals surface area contributed by atoms with E-state index in [1.807, 2.05) is 0 Å². The zero-order valence-corrected chi connectivity index (χ0v) is 14.0. The van der Waals surface area contributed by atoms with Crippen molar-refractivity contribution in [3.8, 4) is 11.5 Å². The molecule has 2 N–H and O–H groups in total. The molecule has 0 aromatic heterocycles. The third kappa shape index (κ3) is 4.00. The summed E-state index contributed by atoms with van der Waals surface area (Å²) in [6.45, 7) is 0. The fourth-order valence-electron chi connectivity index (χ4n) is 2.00. The van der Waals surface area contributed by atoms with Gasteiger partial charge in [0.05, 0.1) is 25.5 Å². The van der Waals surface area contributed by atoms with Crippen molar-refractivity contribution in [2.24, 2.45) is 0 Å². The summed E-state index contributed by atoms with van der Waals surface area (Å²) in [7, 11) is 2.40. The topological polar surface area (TPSA) is 59.6 Å². The zero-order chi connectivity index (χ0) is 18.6. The molecular weight excluding hydrogens is 357 g/mol. The molecule has 1 amide bonds. The number of carbonyl (C=O) groups excluding carboxylic acids is 1. The molecule has 0 fully saturated rings. The number of benzene rings is 2. The van der Waals surface area contributed by atoms with Gasteiger partial charge in [0.15, 0.2) is 22.5 Å². The molecule has 0 saturated carbocycles. The standard InChI is InChI=1S/C16H13F3N2O3S/c1-23-11-6-4-3-5-10(11)20-16(25)21-15(22)8-7-9(17)13(19)14(24-2)12(8)18/h3-7H,1-2H3,(H2,20,21,22,25). The fourth-order valence-corrected chi connectivity index (χ4v) is 2.20. The third-order valence-corrected chi connectivity index (χ3v) is 3.35. The highest BCUT2D eigenvalue weighted by Crippen LogP contribution is 2.27. The second-order valence-electron chi connectivity index (χ2n) is 4.68. The number of rotatable bonds is 4. The third-order valence-electron chi connectivity index (χ3n) is 3.15. The molecule has 0 aliphatic carbocycles. The van der Waals surface area contributed by atoms with Crippen LogP contribution in [0.4, 0.5) is 18.9 Å². The van der Waals surface area contributed by atoms with Crippen molar-refractivity contribution >= 4 is 28.9 Å². The maximum atomic E-state index is 14.1. The number of halogens is 3. The molecule has 0 heterocycles. The second kappa shape index (κ2) is 7.84. The summed E-state index contributed by atoms with van der Waals surface area (Å²) in [4.78, 5) is 12.1. The number of carbonyl (C=O) groups is 1. The lowest BCUT2D eigenvalue weighted by atomic mass is 10.1. The van der Waals surface area contributed by atoms with E-state index in [9.17, 15) is 18.0 Å². The first-order chi connectivity index (χ1) is 11.9. The first-order valence-electron chi connectivity index (χ1n) is 6.85. The number of nitrogens with one attached hydrogen (secondary N) is 2. The molecule has 0 aliphatic heterocycles. The average Bonchev–Trinajstić information content (AvgIpc) is 2.59. The minimum absolute atomic E-state index is 0.183. The maximum absolute atomic E-state index is 14.1. The minimum Gasteiger partial charge on any atom is -0.495 e. The smallest absolute Gasteiger partial charge is 0.260 e. The van der Waals surface area contributed by atoms with Gasteiger partial charge in [-0.05, 0) is 30.4 Å². The molecule has 0 bridgehead atoms. The Balaban J connectivity index is 2.20. The summed E-state index contributed by atoms with van der Waals surface area (Å²) in [5.41, 5.74) is -0.293. The van der Waals surface area contributed by atoms with E-state index in [0.717, 1.165) is 7.11 Å². The van der Waals surface area contributed by atoms with Crippen molar-refractivity contribution < 1.29 is 27.4 Å². The summed E-state index contributed by atoms with van der Waals surface area (Å²) in [6, 6.07) is 7.16. The van der Waals surface area contributed by atoms with Crippen LogP contribution in [0.15, 0.2) is 30.3 Å². The molecule has 0 unspecified atom stereocenters. The number of hydrogen-bond donors (Lipinski definition) is 2. The molecule has 0 aliphatic rings. The van der Waals surface area contributed by atoms with E-state index in [4.69, 9.17) is 17.0 Å². The van der Waals surface area contributed by atoms with Gasteiger partial charge in [-0.1, -0.05) is 12.1 Å². The number of amides is 1. The first-order valence-corrected chi connectivity index (χ1v) is 7.26. The molecule has 0 spiro atoms. The van der Waals surface area contributed by atoms with E-state index in [1.165, 1.54) is 7.11 Å². The highest BCUT2D eigenvalue weighted by atomic mass is 32.1. The SMILES string of the molecule is COc1ccccc1NC(=S)NC(=O)c1cc(F)c(F)c(OC)c1F. The summed E-state index contributed by atoms with van der Waals surface area (Å²) in [5.74, 6) is -5.88. The number of para-hydroxylation sites is 2. The van der Waals surface area contributed by atoms with Crippen LogP contribution in [-0.4, -0.2) is 25.2 Å². The van der Waals surface area contributed by atoms with Gasteiger partial charge in [0.25, 0.3) is 5.91 Å². The highest BCUT2D eigenvalue weighted by molar-refractivity contribution is 7.80. The molecule has 0 saturated heterocycles. The monoisotopic (exact) mass is 370 g/mol. The van der Waals surface area contributed by atoms with E-state index in [0.29, 0.717) is 17.5 Å². The van der Waals surface area contributed by atoms with Crippen molar-refractivity contribution in [1.29, 1.82) is 0 Å². The Hall–Kier alpha value is -2.81. The number of thiocarbonyl (C=S) groups is 1. The van der Waals surface area contributed by atoms with Gasteiger partial charge < -0.3 is 14.8 Å². The lowest BCUT2D eigenvalue weighted by Crippen LogP contribution is -2.35. The second-order valence-corrected chi connectivity index (χ2v) is 5.08. The molecule has 5 nitrogen and oxygen atoms in total. The van der Waals surface area contributed by atoms with Gasteiger partial charge in [0.2, 0.25) is 5.82 Å². The van der Waals surface area contributed by atoms with Gasteiger partial charge in [-0.25, -0.2) is 8.78 Å². The number of hydrogen-bond acceptors (Lipinski definition) is 4. The Morgan fingerprint density at radius 2 is 1.76 bits per heavy atom. The van der Waals surface area contributed by atoms with Gasteiger partial charge >= 0.3 is 0 Å². The normalized spacial score (nSPS) is 10.1. The Bertz CT molecular complexity index is 831. The van der Waals surface area contributed by atoms with Crippen molar-refractivity contribution in [2.75, 3.05) is 19.5 Å². The Morgan fingerprint density at radius 3 is 2.40 bits per heavy atom. The van der Waals surface area contributed by atoms with Crippen LogP contribution in [0.3, 0.4) is 0 Å². The van der Waals surface area contributed by atoms with Crippen molar-refractivity contribution in [2.45, 2.75) is 0 Å². The van der Waals surface area contributed by atoms with Crippen molar-refractivity contribution in [3.05, 3.63) is 53.3 Å². The molecular formula is C16H13F3N2O3S. The van der Waals surface area contributed by atoms with E-state index in [-0.39, 0.29) is 5.11 Å². The Morgan fingerprint density at radius 1 is 1.08 bits per heavy atom. The summed E-state index contributed by atoms with van der Waals surface area (Å²) in [5, 5.41) is 4.68. The number of ether oxygens (including phenoxy) is 2. The van der Waals surface area contributed by atoms with E-state index >= 15 is 0 Å². The fraction of sp³-hybridized carbons (Fsp3) is 0.125. The lowest BCUT2D eigenvalue weighted by molar-refractivity contribution is 0.0972. The van der Waals surface area contributed by atoms with Crippen LogP contribution >= 0.6 is 12.2 Å². The van der Waals surface area contributed by atoms with Gasteiger partial charge in [0.1, 0.15) is 5.75 Å². The highest BCUT2D eigenvalue weighted by Gasteiger charge is 2.24. The van der Waals surface area contributed by atoms with E-state index < -0.39 is 34.7 Å². The van der Waals surface area contributed by atoms with Crippen LogP contribution in [0.5, 0.6) is 11.5 Å². The quantitative estimate of drug-likeness (QED) is 0.639. The maximum Gasteiger partial charge on any atom is 0.260 e. The number of anilines is 1. The summed E-state index contributed by atoms with van der Waals surface area (Å²) < 4.78 is 50.5. The van der Waals surface area contributed by atoms with Gasteiger partial charge in [-0.3, -0.25) is 10.1 Å². The van der Waals surface area contributed by atoms with Gasteiger partial charge in [-0.2, -0.15) is 4.39 Å². The predicted molar refractivity (Wildman–Crippen MR) is 89.5 cm³/mol. The first kappa shape index (κ1) is 18.5. The molecule has 25 heavy (non-hydrogen) atoms. The molecule has 2 aromatic carbocycles. The van der Waals surface area contributed by atoms with Crippen LogP contribution in [0, 0.1) is 17.5 Å². The van der Waals surface area contributed by atoms with Gasteiger partial charge in [-0.15, -0.1) is 0 Å². The van der Waals surface area contributed by atoms with Crippen LogP contribution < -0.4 is 20.1 Å². The summed E-state index contributed by atoms with van der Waals surface area (Å²) in [6.07, 6.45) is 0. The molecule has 9 heteroatoms. The largest absolute Gasteiger partial charge is 0.495 e. The Labute approximate surface area is 146 Å². The number of methoxy groups -OCH3 is 2. The van der Waals surface area contributed by atoms with Crippen LogP contribution in [0.25, 0.3) is 0 Å². The Kier molecular flexibility index (Phi) is 5.81. The van der Waals surface area contributed by atoms with Crippen LogP contribution in [-0.2, 0) is 0 Å². The molecule has 0 radical (unpaired) electrons. The van der Waals surface area contributed by atoms with Gasteiger partial charge in [0, 0.05) is 0 Å². The van der Waals surface area contributed by atoms with Crippen molar-refractivity contribution in [3.63, 3.8) is 0 Å². The van der Waals surface area contributed by atoms with E-state index in [1.54, 1.807) is 24.3 Å².